The first kappa shape index (κ1) is 20.1. The molecule has 158 valence electrons. The molecular formula is C27H27NO2S. The molecule has 0 amide bonds. The average Bonchev–Trinajstić information content (AvgIpc) is 3.43. The molecule has 0 bridgehead atoms. The second kappa shape index (κ2) is 8.74. The third-order valence-corrected chi connectivity index (χ3v) is 7.41. The molecule has 0 radical (unpaired) electrons. The van der Waals surface area contributed by atoms with Crippen molar-refractivity contribution in [1.82, 2.24) is 4.90 Å². The Morgan fingerprint density at radius 1 is 0.968 bits per heavy atom. The first-order chi connectivity index (χ1) is 15.2. The number of benzene rings is 3. The summed E-state index contributed by atoms with van der Waals surface area (Å²) >= 11 is 1.82. The van der Waals surface area contributed by atoms with Crippen molar-refractivity contribution >= 4 is 21.4 Å². The van der Waals surface area contributed by atoms with Gasteiger partial charge in [0.15, 0.2) is 0 Å². The van der Waals surface area contributed by atoms with Crippen LogP contribution in [0.2, 0.25) is 0 Å². The fourth-order valence-corrected chi connectivity index (χ4v) is 5.76. The van der Waals surface area contributed by atoms with Crippen molar-refractivity contribution in [1.29, 1.82) is 0 Å². The highest BCUT2D eigenvalue weighted by Gasteiger charge is 2.17. The summed E-state index contributed by atoms with van der Waals surface area (Å²) in [5.41, 5.74) is 5.00. The molecule has 0 aliphatic carbocycles. The Bertz CT molecular complexity index is 1190. The van der Waals surface area contributed by atoms with Crippen LogP contribution < -0.4 is 4.74 Å². The van der Waals surface area contributed by atoms with Gasteiger partial charge in [0.1, 0.15) is 11.5 Å². The van der Waals surface area contributed by atoms with Gasteiger partial charge in [-0.3, -0.25) is 4.90 Å². The second-order valence-electron chi connectivity index (χ2n) is 8.26. The van der Waals surface area contributed by atoms with Crippen molar-refractivity contribution in [2.24, 2.45) is 0 Å². The highest BCUT2D eigenvalue weighted by atomic mass is 32.1. The number of aromatic hydroxyl groups is 1. The van der Waals surface area contributed by atoms with Crippen LogP contribution in [0.25, 0.3) is 20.5 Å². The molecule has 0 saturated carbocycles. The summed E-state index contributed by atoms with van der Waals surface area (Å²) in [7, 11) is 1.77. The molecule has 3 nitrogen and oxygen atoms in total. The van der Waals surface area contributed by atoms with Gasteiger partial charge >= 0.3 is 0 Å². The molecule has 4 aromatic rings. The Morgan fingerprint density at radius 2 is 1.74 bits per heavy atom. The van der Waals surface area contributed by atoms with E-state index in [1.165, 1.54) is 57.6 Å². The Hall–Kier alpha value is -2.82. The zero-order valence-electron chi connectivity index (χ0n) is 17.8. The fraction of sp³-hybridized carbons (Fsp3) is 0.259. The quantitative estimate of drug-likeness (QED) is 0.381. The van der Waals surface area contributed by atoms with Gasteiger partial charge in [-0.2, -0.15) is 0 Å². The van der Waals surface area contributed by atoms with E-state index in [1.54, 1.807) is 19.2 Å². The van der Waals surface area contributed by atoms with E-state index in [9.17, 15) is 5.11 Å². The van der Waals surface area contributed by atoms with Crippen LogP contribution in [0.5, 0.6) is 11.5 Å². The standard InChI is InChI=1S/C27H27NO2S/c1-30-25-17-19(8-9-21(25)18-28-14-4-5-15-28)16-24-23-6-2-3-7-26(23)31-27(24)20-10-12-22(29)13-11-20/h2-3,6-13,17,29H,4-5,14-16,18H2,1H3. The van der Waals surface area contributed by atoms with Crippen LogP contribution in [0.1, 0.15) is 29.5 Å². The van der Waals surface area contributed by atoms with E-state index >= 15 is 0 Å². The smallest absolute Gasteiger partial charge is 0.123 e. The van der Waals surface area contributed by atoms with E-state index in [1.807, 2.05) is 23.5 Å². The summed E-state index contributed by atoms with van der Waals surface area (Å²) in [5.74, 6) is 1.28. The predicted molar refractivity (Wildman–Crippen MR) is 129 cm³/mol. The van der Waals surface area contributed by atoms with Gasteiger partial charge in [0.05, 0.1) is 7.11 Å². The lowest BCUT2D eigenvalue weighted by atomic mass is 9.98. The lowest BCUT2D eigenvalue weighted by Crippen LogP contribution is -2.18. The van der Waals surface area contributed by atoms with Gasteiger partial charge in [-0.15, -0.1) is 11.3 Å². The number of phenolic OH excluding ortho intramolecular Hbond substituents is 1. The minimum atomic E-state index is 0.296. The Balaban J connectivity index is 1.51. The van der Waals surface area contributed by atoms with Gasteiger partial charge in [-0.25, -0.2) is 0 Å². The molecular weight excluding hydrogens is 402 g/mol. The van der Waals surface area contributed by atoms with Gasteiger partial charge in [-0.1, -0.05) is 30.3 Å². The number of hydrogen-bond acceptors (Lipinski definition) is 4. The van der Waals surface area contributed by atoms with Crippen LogP contribution in [0.15, 0.2) is 66.7 Å². The number of likely N-dealkylation sites (tertiary alicyclic amines) is 1. The van der Waals surface area contributed by atoms with Crippen LogP contribution in [-0.2, 0) is 13.0 Å². The predicted octanol–water partition coefficient (Wildman–Crippen LogP) is 6.47. The monoisotopic (exact) mass is 429 g/mol. The molecule has 1 saturated heterocycles. The summed E-state index contributed by atoms with van der Waals surface area (Å²) in [4.78, 5) is 3.77. The van der Waals surface area contributed by atoms with Gasteiger partial charge in [0.2, 0.25) is 0 Å². The molecule has 5 rings (SSSR count). The van der Waals surface area contributed by atoms with Crippen LogP contribution in [0.4, 0.5) is 0 Å². The maximum absolute atomic E-state index is 9.72. The molecule has 1 fully saturated rings. The number of phenols is 1. The van der Waals surface area contributed by atoms with E-state index in [0.29, 0.717) is 5.75 Å². The topological polar surface area (TPSA) is 32.7 Å². The lowest BCUT2D eigenvalue weighted by Gasteiger charge is -2.17. The number of ether oxygens (including phenoxy) is 1. The SMILES string of the molecule is COc1cc(Cc2c(-c3ccc(O)cc3)sc3ccccc23)ccc1CN1CCCC1. The highest BCUT2D eigenvalue weighted by molar-refractivity contribution is 7.22. The number of rotatable bonds is 6. The Labute approximate surface area is 187 Å². The van der Waals surface area contributed by atoms with Crippen LogP contribution in [0, 0.1) is 0 Å². The summed E-state index contributed by atoms with van der Waals surface area (Å²) in [5, 5.41) is 11.0. The van der Waals surface area contributed by atoms with Crippen molar-refractivity contribution in [3.63, 3.8) is 0 Å². The third kappa shape index (κ3) is 4.18. The molecule has 0 atom stereocenters. The molecule has 0 spiro atoms. The summed E-state index contributed by atoms with van der Waals surface area (Å²) in [6.45, 7) is 3.33. The molecule has 0 unspecified atom stereocenters. The van der Waals surface area contributed by atoms with Gasteiger partial charge < -0.3 is 9.84 Å². The fourth-order valence-electron chi connectivity index (χ4n) is 4.54. The largest absolute Gasteiger partial charge is 0.508 e. The zero-order chi connectivity index (χ0) is 21.2. The summed E-state index contributed by atoms with van der Waals surface area (Å²) in [6, 6.07) is 22.8. The first-order valence-electron chi connectivity index (χ1n) is 10.9. The molecule has 3 aromatic carbocycles. The highest BCUT2D eigenvalue weighted by Crippen LogP contribution is 2.40. The van der Waals surface area contributed by atoms with E-state index in [4.69, 9.17) is 4.74 Å². The molecule has 31 heavy (non-hydrogen) atoms. The average molecular weight is 430 g/mol. The first-order valence-corrected chi connectivity index (χ1v) is 11.7. The van der Waals surface area contributed by atoms with E-state index in [2.05, 4.69) is 47.4 Å². The van der Waals surface area contributed by atoms with E-state index in [-0.39, 0.29) is 0 Å². The van der Waals surface area contributed by atoms with E-state index in [0.717, 1.165) is 24.3 Å². The summed E-state index contributed by atoms with van der Waals surface area (Å²) < 4.78 is 7.07. The van der Waals surface area contributed by atoms with Crippen molar-refractivity contribution in [3.8, 4) is 21.9 Å². The van der Waals surface area contributed by atoms with Crippen molar-refractivity contribution in [3.05, 3.63) is 83.4 Å². The van der Waals surface area contributed by atoms with Crippen molar-refractivity contribution in [2.45, 2.75) is 25.8 Å². The van der Waals surface area contributed by atoms with Crippen LogP contribution >= 0.6 is 11.3 Å². The number of methoxy groups -OCH3 is 1. The maximum Gasteiger partial charge on any atom is 0.123 e. The van der Waals surface area contributed by atoms with E-state index < -0.39 is 0 Å². The molecule has 1 aliphatic rings. The van der Waals surface area contributed by atoms with Crippen molar-refractivity contribution in [2.75, 3.05) is 20.2 Å². The van der Waals surface area contributed by atoms with Gasteiger partial charge in [0.25, 0.3) is 0 Å². The number of hydrogen-bond donors (Lipinski definition) is 1. The number of fused-ring (bicyclic) bond motifs is 1. The maximum atomic E-state index is 9.72. The second-order valence-corrected chi connectivity index (χ2v) is 9.31. The minimum absolute atomic E-state index is 0.296. The van der Waals surface area contributed by atoms with Gasteiger partial charge in [-0.05, 0) is 90.8 Å². The molecule has 4 heteroatoms. The molecule has 1 N–H and O–H groups in total. The zero-order valence-corrected chi connectivity index (χ0v) is 18.6. The van der Waals surface area contributed by atoms with Crippen LogP contribution in [0.3, 0.4) is 0 Å². The van der Waals surface area contributed by atoms with Gasteiger partial charge in [0, 0.05) is 21.7 Å². The third-order valence-electron chi connectivity index (χ3n) is 6.15. The number of nitrogens with zero attached hydrogens (tertiary/aromatic N) is 1. The normalized spacial score (nSPS) is 14.4. The Morgan fingerprint density at radius 3 is 2.52 bits per heavy atom. The van der Waals surface area contributed by atoms with Crippen molar-refractivity contribution < 1.29 is 9.84 Å². The van der Waals surface area contributed by atoms with Crippen LogP contribution in [-0.4, -0.2) is 30.2 Å². The molecule has 1 aliphatic heterocycles. The summed E-state index contributed by atoms with van der Waals surface area (Å²) in [6.07, 6.45) is 3.44. The molecule has 2 heterocycles. The minimum Gasteiger partial charge on any atom is -0.508 e. The Kier molecular flexibility index (Phi) is 5.66. The lowest BCUT2D eigenvalue weighted by molar-refractivity contribution is 0.321. The number of thiophene rings is 1. The molecule has 1 aromatic heterocycles.